The summed E-state index contributed by atoms with van der Waals surface area (Å²) in [5, 5.41) is 14.2. The summed E-state index contributed by atoms with van der Waals surface area (Å²) in [6, 6.07) is 4.51. The van der Waals surface area contributed by atoms with E-state index < -0.39 is 4.92 Å². The fourth-order valence-electron chi connectivity index (χ4n) is 2.22. The van der Waals surface area contributed by atoms with Crippen molar-refractivity contribution in [2.45, 2.75) is 6.92 Å². The van der Waals surface area contributed by atoms with Crippen molar-refractivity contribution in [3.8, 4) is 0 Å². The van der Waals surface area contributed by atoms with Gasteiger partial charge in [-0.25, -0.2) is 0 Å². The van der Waals surface area contributed by atoms with E-state index in [2.05, 4.69) is 10.2 Å². The van der Waals surface area contributed by atoms with Crippen LogP contribution in [0, 0.1) is 10.1 Å². The number of nitrogens with one attached hydrogen (secondary N) is 1. The van der Waals surface area contributed by atoms with Crippen LogP contribution in [0.5, 0.6) is 0 Å². The molecule has 1 heterocycles. The first kappa shape index (κ1) is 15.4. The van der Waals surface area contributed by atoms with Gasteiger partial charge in [-0.2, -0.15) is 0 Å². The average Bonchev–Trinajstić information content (AvgIpc) is 2.48. The number of hydrogen-bond donors (Lipinski definition) is 1. The van der Waals surface area contributed by atoms with Crippen molar-refractivity contribution in [1.82, 2.24) is 4.90 Å². The molecule has 0 saturated carbocycles. The number of carbonyl (C=O) groups excluding carboxylic acids is 1. The average molecular weight is 293 g/mol. The van der Waals surface area contributed by atoms with Gasteiger partial charge < -0.3 is 10.1 Å². The van der Waals surface area contributed by atoms with Crippen LogP contribution in [0.1, 0.15) is 17.3 Å². The number of Topliss-reactive ketones (excluding diaryl/α,β-unsaturated/α-hetero) is 1. The van der Waals surface area contributed by atoms with Crippen LogP contribution in [-0.2, 0) is 4.74 Å². The Hall–Kier alpha value is -1.99. The van der Waals surface area contributed by atoms with E-state index in [1.54, 1.807) is 12.1 Å². The fourth-order valence-corrected chi connectivity index (χ4v) is 2.22. The molecule has 0 atom stereocenters. The molecule has 2 rings (SSSR count). The Kier molecular flexibility index (Phi) is 5.24. The normalized spacial score (nSPS) is 15.7. The summed E-state index contributed by atoms with van der Waals surface area (Å²) in [7, 11) is 0. The molecule has 0 aromatic heterocycles. The van der Waals surface area contributed by atoms with E-state index >= 15 is 0 Å². The minimum atomic E-state index is -0.469. The first-order valence-corrected chi connectivity index (χ1v) is 6.91. The van der Waals surface area contributed by atoms with Crippen molar-refractivity contribution in [2.75, 3.05) is 44.7 Å². The van der Waals surface area contributed by atoms with Gasteiger partial charge in [0, 0.05) is 37.8 Å². The molecule has 1 aromatic carbocycles. The summed E-state index contributed by atoms with van der Waals surface area (Å²) < 4.78 is 5.27. The Balaban J connectivity index is 1.98. The SMILES string of the molecule is CC(=O)c1ccc(NCCN2CCOCC2)c([N+](=O)[O-])c1. The lowest BCUT2D eigenvalue weighted by Gasteiger charge is -2.26. The first-order valence-electron chi connectivity index (χ1n) is 6.91. The smallest absolute Gasteiger partial charge is 0.293 e. The number of hydrogen-bond acceptors (Lipinski definition) is 6. The van der Waals surface area contributed by atoms with E-state index in [1.165, 1.54) is 13.0 Å². The Morgan fingerprint density at radius 1 is 1.43 bits per heavy atom. The molecule has 1 aliphatic heterocycles. The molecular weight excluding hydrogens is 274 g/mol. The Labute approximate surface area is 123 Å². The number of benzene rings is 1. The Bertz CT molecular complexity index is 527. The molecule has 0 unspecified atom stereocenters. The number of nitro groups is 1. The van der Waals surface area contributed by atoms with Gasteiger partial charge in [-0.3, -0.25) is 19.8 Å². The summed E-state index contributed by atoms with van der Waals surface area (Å²) in [4.78, 5) is 24.2. The van der Waals surface area contributed by atoms with E-state index in [0.717, 1.165) is 32.8 Å². The van der Waals surface area contributed by atoms with Crippen LogP contribution < -0.4 is 5.32 Å². The quantitative estimate of drug-likeness (QED) is 0.486. The van der Waals surface area contributed by atoms with Gasteiger partial charge in [0.05, 0.1) is 18.1 Å². The molecule has 1 saturated heterocycles. The highest BCUT2D eigenvalue weighted by Crippen LogP contribution is 2.25. The molecule has 0 radical (unpaired) electrons. The number of carbonyl (C=O) groups is 1. The van der Waals surface area contributed by atoms with Gasteiger partial charge in [-0.15, -0.1) is 0 Å². The topological polar surface area (TPSA) is 84.7 Å². The standard InChI is InChI=1S/C14H19N3O4/c1-11(18)12-2-3-13(14(10-12)17(19)20)15-4-5-16-6-8-21-9-7-16/h2-3,10,15H,4-9H2,1H3. The van der Waals surface area contributed by atoms with Gasteiger partial charge in [0.25, 0.3) is 5.69 Å². The number of nitro benzene ring substituents is 1. The minimum Gasteiger partial charge on any atom is -0.379 e. The number of nitrogens with zero attached hydrogens (tertiary/aromatic N) is 2. The van der Waals surface area contributed by atoms with Crippen LogP contribution in [0.25, 0.3) is 0 Å². The molecule has 7 nitrogen and oxygen atoms in total. The van der Waals surface area contributed by atoms with E-state index in [-0.39, 0.29) is 11.5 Å². The zero-order chi connectivity index (χ0) is 15.2. The molecule has 0 bridgehead atoms. The third-order valence-electron chi connectivity index (χ3n) is 3.45. The molecule has 0 aliphatic carbocycles. The molecule has 114 valence electrons. The second-order valence-electron chi connectivity index (χ2n) is 4.93. The summed E-state index contributed by atoms with van der Waals surface area (Å²) in [5.74, 6) is -0.182. The summed E-state index contributed by atoms with van der Waals surface area (Å²) in [5.41, 5.74) is 0.725. The van der Waals surface area contributed by atoms with Crippen LogP contribution >= 0.6 is 0 Å². The maximum atomic E-state index is 11.3. The molecule has 21 heavy (non-hydrogen) atoms. The van der Waals surface area contributed by atoms with Crippen LogP contribution in [0.3, 0.4) is 0 Å². The van der Waals surface area contributed by atoms with Crippen LogP contribution in [-0.4, -0.2) is 55.0 Å². The van der Waals surface area contributed by atoms with Crippen molar-refractivity contribution in [2.24, 2.45) is 0 Å². The predicted molar refractivity (Wildman–Crippen MR) is 78.8 cm³/mol. The fraction of sp³-hybridized carbons (Fsp3) is 0.500. The van der Waals surface area contributed by atoms with Gasteiger partial charge >= 0.3 is 0 Å². The van der Waals surface area contributed by atoms with Crippen molar-refractivity contribution in [1.29, 1.82) is 0 Å². The van der Waals surface area contributed by atoms with E-state index in [4.69, 9.17) is 4.74 Å². The molecule has 0 amide bonds. The highest BCUT2D eigenvalue weighted by Gasteiger charge is 2.16. The van der Waals surface area contributed by atoms with Crippen molar-refractivity contribution < 1.29 is 14.5 Å². The number of ether oxygens (including phenoxy) is 1. The lowest BCUT2D eigenvalue weighted by Crippen LogP contribution is -2.39. The van der Waals surface area contributed by atoms with Gasteiger partial charge in [0.2, 0.25) is 0 Å². The lowest BCUT2D eigenvalue weighted by molar-refractivity contribution is -0.384. The molecule has 1 aliphatic rings. The third kappa shape index (κ3) is 4.24. The summed E-state index contributed by atoms with van der Waals surface area (Å²) in [6.07, 6.45) is 0. The van der Waals surface area contributed by atoms with Crippen molar-refractivity contribution in [3.63, 3.8) is 0 Å². The molecule has 7 heteroatoms. The van der Waals surface area contributed by atoms with Gasteiger partial charge in [-0.05, 0) is 19.1 Å². The number of anilines is 1. The maximum Gasteiger partial charge on any atom is 0.293 e. The first-order chi connectivity index (χ1) is 10.1. The number of rotatable bonds is 6. The summed E-state index contributed by atoms with van der Waals surface area (Å²) in [6.45, 7) is 6.03. The minimum absolute atomic E-state index is 0.0651. The molecular formula is C14H19N3O4. The van der Waals surface area contributed by atoms with Crippen LogP contribution in [0.2, 0.25) is 0 Å². The molecule has 1 aromatic rings. The predicted octanol–water partition coefficient (Wildman–Crippen LogP) is 1.54. The second-order valence-corrected chi connectivity index (χ2v) is 4.93. The summed E-state index contributed by atoms with van der Waals surface area (Å²) >= 11 is 0. The Morgan fingerprint density at radius 3 is 2.76 bits per heavy atom. The zero-order valence-electron chi connectivity index (χ0n) is 12.0. The number of morpholine rings is 1. The van der Waals surface area contributed by atoms with E-state index in [9.17, 15) is 14.9 Å². The Morgan fingerprint density at radius 2 is 2.14 bits per heavy atom. The highest BCUT2D eigenvalue weighted by molar-refractivity contribution is 5.95. The van der Waals surface area contributed by atoms with E-state index in [0.29, 0.717) is 17.8 Å². The monoisotopic (exact) mass is 293 g/mol. The molecule has 1 N–H and O–H groups in total. The van der Waals surface area contributed by atoms with Gasteiger partial charge in [0.1, 0.15) is 5.69 Å². The lowest BCUT2D eigenvalue weighted by atomic mass is 10.1. The third-order valence-corrected chi connectivity index (χ3v) is 3.45. The molecule has 1 fully saturated rings. The largest absolute Gasteiger partial charge is 0.379 e. The second kappa shape index (κ2) is 7.14. The molecule has 0 spiro atoms. The van der Waals surface area contributed by atoms with Crippen molar-refractivity contribution in [3.05, 3.63) is 33.9 Å². The number of ketones is 1. The van der Waals surface area contributed by atoms with Gasteiger partial charge in [-0.1, -0.05) is 0 Å². The zero-order valence-corrected chi connectivity index (χ0v) is 12.0. The van der Waals surface area contributed by atoms with Gasteiger partial charge in [0.15, 0.2) is 5.78 Å². The van der Waals surface area contributed by atoms with Crippen molar-refractivity contribution >= 4 is 17.2 Å². The van der Waals surface area contributed by atoms with E-state index in [1.807, 2.05) is 0 Å². The van der Waals surface area contributed by atoms with Crippen LogP contribution in [0.4, 0.5) is 11.4 Å². The van der Waals surface area contributed by atoms with Crippen LogP contribution in [0.15, 0.2) is 18.2 Å². The maximum absolute atomic E-state index is 11.3. The highest BCUT2D eigenvalue weighted by atomic mass is 16.6.